The normalized spacial score (nSPS) is 25.3. The number of halogens is 4. The summed E-state index contributed by atoms with van der Waals surface area (Å²) in [6.07, 6.45) is 0.555. The highest BCUT2D eigenvalue weighted by Gasteiger charge is 2.59. The van der Waals surface area contributed by atoms with E-state index in [1.165, 1.54) is 24.3 Å². The highest BCUT2D eigenvalue weighted by Crippen LogP contribution is 2.56. The summed E-state index contributed by atoms with van der Waals surface area (Å²) in [4.78, 5) is 16.4. The number of pyridine rings is 1. The Morgan fingerprint density at radius 3 is 2.33 bits per heavy atom. The van der Waals surface area contributed by atoms with Crippen molar-refractivity contribution < 1.29 is 36.6 Å². The van der Waals surface area contributed by atoms with Gasteiger partial charge in [0.15, 0.2) is 21.5 Å². The topological polar surface area (TPSA) is 117 Å². The number of benzene rings is 2. The Morgan fingerprint density at radius 1 is 1.03 bits per heavy atom. The van der Waals surface area contributed by atoms with Crippen LogP contribution in [0.5, 0.6) is 0 Å². The van der Waals surface area contributed by atoms with Crippen molar-refractivity contribution in [2.75, 3.05) is 5.32 Å². The van der Waals surface area contributed by atoms with Gasteiger partial charge in [0.25, 0.3) is 5.91 Å². The molecule has 39 heavy (non-hydrogen) atoms. The molecule has 0 aliphatic heterocycles. The van der Waals surface area contributed by atoms with Crippen molar-refractivity contribution in [3.63, 3.8) is 0 Å². The van der Waals surface area contributed by atoms with Gasteiger partial charge in [-0.3, -0.25) is 9.78 Å². The number of fused-ring (bicyclic) bond motifs is 2. The third-order valence-corrected chi connectivity index (χ3v) is 10.5. The van der Waals surface area contributed by atoms with Crippen LogP contribution in [0.1, 0.15) is 47.8 Å². The number of aliphatic hydroxyl groups excluding tert-OH is 1. The summed E-state index contributed by atoms with van der Waals surface area (Å²) in [5.74, 6) is -4.72. The lowest BCUT2D eigenvalue weighted by molar-refractivity contribution is -0.145. The molecule has 2 aliphatic carbocycles. The number of sulfone groups is 1. The van der Waals surface area contributed by atoms with Crippen LogP contribution in [0, 0.1) is 29.3 Å². The zero-order valence-corrected chi connectivity index (χ0v) is 21.9. The molecule has 0 saturated heterocycles. The lowest BCUT2D eigenvalue weighted by Crippen LogP contribution is -2.52. The summed E-state index contributed by atoms with van der Waals surface area (Å²) in [7, 11) is -4.09. The van der Waals surface area contributed by atoms with Gasteiger partial charge in [-0.2, -0.15) is 0 Å². The number of nitrogens with one attached hydrogen (secondary N) is 1. The first-order valence-corrected chi connectivity index (χ1v) is 14.2. The van der Waals surface area contributed by atoms with Gasteiger partial charge >= 0.3 is 0 Å². The highest BCUT2D eigenvalue weighted by molar-refractivity contribution is 7.92. The van der Waals surface area contributed by atoms with Crippen LogP contribution in [0.3, 0.4) is 0 Å². The first-order chi connectivity index (χ1) is 18.4. The number of aromatic nitrogens is 1. The molecule has 5 rings (SSSR count). The van der Waals surface area contributed by atoms with E-state index in [1.807, 2.05) is 0 Å². The molecule has 2 aromatic carbocycles. The second kappa shape index (κ2) is 10.2. The molecule has 7 nitrogen and oxygen atoms in total. The maximum Gasteiger partial charge on any atom is 0.255 e. The molecule has 0 radical (unpaired) electrons. The molecule has 2 fully saturated rings. The zero-order chi connectivity index (χ0) is 28.1. The Morgan fingerprint density at radius 2 is 1.72 bits per heavy atom. The van der Waals surface area contributed by atoms with Gasteiger partial charge in [0, 0.05) is 17.3 Å². The fourth-order valence-corrected chi connectivity index (χ4v) is 8.25. The Hall–Kier alpha value is -2.99. The van der Waals surface area contributed by atoms with Gasteiger partial charge in [-0.05, 0) is 80.0 Å². The minimum absolute atomic E-state index is 0.0180. The number of hydrogen-bond acceptors (Lipinski definition) is 6. The van der Waals surface area contributed by atoms with E-state index in [-0.39, 0.29) is 39.7 Å². The van der Waals surface area contributed by atoms with Crippen LogP contribution in [0.25, 0.3) is 0 Å². The van der Waals surface area contributed by atoms with Gasteiger partial charge in [0.1, 0.15) is 17.5 Å². The molecule has 2 bridgehead atoms. The SMILES string of the molecule is O=C(Nc1ccc(F)c(F)c1)c1ccc(Cl)c(S(=O)(=O)[C@@H]2C[C@H]3CC[C@@H](C2)[C@@]3(O)[C@@H](O)c2ccc(F)cn2)c1. The molecule has 3 N–H and O–H groups in total. The summed E-state index contributed by atoms with van der Waals surface area (Å²) >= 11 is 6.26. The van der Waals surface area contributed by atoms with Crippen LogP contribution >= 0.6 is 11.6 Å². The second-order valence-corrected chi connectivity index (χ2v) is 12.6. The number of carbonyl (C=O) groups excluding carboxylic acids is 1. The minimum atomic E-state index is -4.09. The fraction of sp³-hybridized carbons (Fsp3) is 0.333. The largest absolute Gasteiger partial charge is 0.386 e. The van der Waals surface area contributed by atoms with Crippen molar-refractivity contribution in [2.45, 2.75) is 47.5 Å². The summed E-state index contributed by atoms with van der Waals surface area (Å²) in [6, 6.07) is 8.95. The molecule has 2 saturated carbocycles. The molecule has 3 aromatic rings. The van der Waals surface area contributed by atoms with E-state index in [9.17, 15) is 36.6 Å². The molecule has 1 heterocycles. The maximum absolute atomic E-state index is 13.7. The van der Waals surface area contributed by atoms with E-state index in [1.54, 1.807) is 0 Å². The predicted octanol–water partition coefficient (Wildman–Crippen LogP) is 4.83. The first-order valence-electron chi connectivity index (χ1n) is 12.2. The molecule has 2 aliphatic rings. The Kier molecular flexibility index (Phi) is 7.21. The van der Waals surface area contributed by atoms with E-state index in [0.717, 1.165) is 30.5 Å². The Balaban J connectivity index is 1.38. The number of rotatable bonds is 6. The lowest BCUT2D eigenvalue weighted by atomic mass is 9.70. The third-order valence-electron chi connectivity index (χ3n) is 7.85. The van der Waals surface area contributed by atoms with E-state index in [4.69, 9.17) is 11.6 Å². The minimum Gasteiger partial charge on any atom is -0.386 e. The average molecular weight is 581 g/mol. The van der Waals surface area contributed by atoms with E-state index in [2.05, 4.69) is 10.3 Å². The Bertz CT molecular complexity index is 1520. The number of aliphatic hydroxyl groups is 2. The van der Waals surface area contributed by atoms with E-state index >= 15 is 0 Å². The van der Waals surface area contributed by atoms with Crippen molar-refractivity contribution in [1.82, 2.24) is 4.98 Å². The lowest BCUT2D eigenvalue weighted by Gasteiger charge is -2.45. The summed E-state index contributed by atoms with van der Waals surface area (Å²) in [5, 5.41) is 23.9. The second-order valence-electron chi connectivity index (χ2n) is 10.0. The van der Waals surface area contributed by atoms with Gasteiger partial charge in [-0.15, -0.1) is 0 Å². The first kappa shape index (κ1) is 27.6. The van der Waals surface area contributed by atoms with Gasteiger partial charge in [-0.25, -0.2) is 21.6 Å². The number of anilines is 1. The molecule has 5 atom stereocenters. The monoisotopic (exact) mass is 580 g/mol. The van der Waals surface area contributed by atoms with Gasteiger partial charge in [0.05, 0.1) is 27.1 Å². The third kappa shape index (κ3) is 4.93. The number of amides is 1. The van der Waals surface area contributed by atoms with Crippen LogP contribution in [0.4, 0.5) is 18.9 Å². The van der Waals surface area contributed by atoms with Crippen molar-refractivity contribution in [1.29, 1.82) is 0 Å². The van der Waals surface area contributed by atoms with Crippen LogP contribution in [-0.4, -0.2) is 40.4 Å². The van der Waals surface area contributed by atoms with Gasteiger partial charge in [-0.1, -0.05) is 11.6 Å². The summed E-state index contributed by atoms with van der Waals surface area (Å²) in [6.45, 7) is 0. The van der Waals surface area contributed by atoms with Crippen LogP contribution in [0.15, 0.2) is 59.6 Å². The van der Waals surface area contributed by atoms with Crippen LogP contribution in [0.2, 0.25) is 5.02 Å². The fourth-order valence-electron chi connectivity index (χ4n) is 5.85. The molecule has 0 spiro atoms. The molecular weight excluding hydrogens is 557 g/mol. The predicted molar refractivity (Wildman–Crippen MR) is 136 cm³/mol. The van der Waals surface area contributed by atoms with Crippen molar-refractivity contribution >= 4 is 33.0 Å². The van der Waals surface area contributed by atoms with E-state index in [0.29, 0.717) is 12.8 Å². The molecule has 12 heteroatoms. The zero-order valence-electron chi connectivity index (χ0n) is 20.3. The quantitative estimate of drug-likeness (QED) is 0.384. The average Bonchev–Trinajstić information content (AvgIpc) is 3.06. The standard InChI is InChI=1S/C27H24ClF3N2O5S/c28-20-6-1-14(26(35)33-18-5-7-21(30)22(31)12-18)9-24(20)39(37,38)19-10-15-2-3-16(11-19)27(15,36)25(34)23-8-4-17(29)13-32-23/h1,4-9,12-13,15-16,19,25,34,36H,2-3,10-11H2,(H,33,35)/t15-,16+,19-,25-,27-/m0/s1. The van der Waals surface area contributed by atoms with Crippen LogP contribution in [-0.2, 0) is 9.84 Å². The van der Waals surface area contributed by atoms with Crippen LogP contribution < -0.4 is 5.32 Å². The molecule has 0 unspecified atom stereocenters. The molecule has 206 valence electrons. The number of hydrogen-bond donors (Lipinski definition) is 3. The number of nitrogens with zero attached hydrogens (tertiary/aromatic N) is 1. The van der Waals surface area contributed by atoms with Crippen molar-refractivity contribution in [2.24, 2.45) is 11.8 Å². The van der Waals surface area contributed by atoms with Crippen molar-refractivity contribution in [3.8, 4) is 0 Å². The Labute approximate surface area is 227 Å². The van der Waals surface area contributed by atoms with Crippen molar-refractivity contribution in [3.05, 3.63) is 88.5 Å². The number of carbonyl (C=O) groups is 1. The highest BCUT2D eigenvalue weighted by atomic mass is 35.5. The summed E-state index contributed by atoms with van der Waals surface area (Å²) in [5.41, 5.74) is -1.61. The van der Waals surface area contributed by atoms with Gasteiger partial charge < -0.3 is 15.5 Å². The van der Waals surface area contributed by atoms with Gasteiger partial charge in [0.2, 0.25) is 0 Å². The molecule has 1 aromatic heterocycles. The molecule has 1 amide bonds. The molecular formula is C27H24ClF3N2O5S. The maximum atomic E-state index is 13.7. The summed E-state index contributed by atoms with van der Waals surface area (Å²) < 4.78 is 67.5. The smallest absolute Gasteiger partial charge is 0.255 e. The van der Waals surface area contributed by atoms with E-state index < -0.39 is 62.0 Å².